The summed E-state index contributed by atoms with van der Waals surface area (Å²) in [6.07, 6.45) is 8.93. The van der Waals surface area contributed by atoms with Crippen LogP contribution in [0, 0.1) is 0 Å². The maximum Gasteiger partial charge on any atom is 0.0587 e. The van der Waals surface area contributed by atoms with Gasteiger partial charge in [-0.2, -0.15) is 0 Å². The maximum atomic E-state index is 5.08. The minimum Gasteiger partial charge on any atom is -0.383 e. The number of hydrogen-bond donors (Lipinski definition) is 1. The zero-order valence-corrected chi connectivity index (χ0v) is 12.6. The van der Waals surface area contributed by atoms with Crippen molar-refractivity contribution in [3.05, 3.63) is 30.1 Å². The molecule has 0 spiro atoms. The lowest BCUT2D eigenvalue weighted by Gasteiger charge is -2.36. The molecule has 0 amide bonds. The topological polar surface area (TPSA) is 37.4 Å². The second-order valence-electron chi connectivity index (χ2n) is 5.49. The van der Waals surface area contributed by atoms with E-state index in [1.807, 2.05) is 18.5 Å². The average molecular weight is 277 g/mol. The molecule has 1 N–H and O–H groups in total. The fourth-order valence-corrected chi connectivity index (χ4v) is 2.85. The van der Waals surface area contributed by atoms with Crippen LogP contribution in [-0.2, 0) is 11.2 Å². The van der Waals surface area contributed by atoms with Crippen LogP contribution >= 0.6 is 0 Å². The predicted molar refractivity (Wildman–Crippen MR) is 81.9 cm³/mol. The van der Waals surface area contributed by atoms with Gasteiger partial charge in [0.15, 0.2) is 0 Å². The van der Waals surface area contributed by atoms with Crippen LogP contribution in [0.5, 0.6) is 0 Å². The summed E-state index contributed by atoms with van der Waals surface area (Å²) in [6, 6.07) is 4.87. The van der Waals surface area contributed by atoms with Gasteiger partial charge in [0.05, 0.1) is 6.61 Å². The fourth-order valence-electron chi connectivity index (χ4n) is 2.85. The summed E-state index contributed by atoms with van der Waals surface area (Å²) >= 11 is 0. The first-order valence-corrected chi connectivity index (χ1v) is 7.73. The number of aromatic nitrogens is 1. The molecule has 20 heavy (non-hydrogen) atoms. The van der Waals surface area contributed by atoms with Crippen molar-refractivity contribution in [2.45, 2.75) is 31.7 Å². The Morgan fingerprint density at radius 3 is 3.20 bits per heavy atom. The highest BCUT2D eigenvalue weighted by Crippen LogP contribution is 2.17. The Hall–Kier alpha value is -0.970. The average Bonchev–Trinajstić information content (AvgIpc) is 2.51. The number of nitrogens with one attached hydrogen (secondary N) is 1. The van der Waals surface area contributed by atoms with Crippen LogP contribution in [0.25, 0.3) is 0 Å². The number of ether oxygens (including phenoxy) is 1. The molecule has 1 aromatic rings. The van der Waals surface area contributed by atoms with Crippen LogP contribution in [-0.4, -0.2) is 55.8 Å². The minimum atomic E-state index is 0.678. The van der Waals surface area contributed by atoms with Gasteiger partial charge >= 0.3 is 0 Å². The zero-order chi connectivity index (χ0) is 14.0. The number of likely N-dealkylation sites (tertiary alicyclic amines) is 1. The van der Waals surface area contributed by atoms with Gasteiger partial charge in [-0.3, -0.25) is 9.88 Å². The van der Waals surface area contributed by atoms with Gasteiger partial charge in [-0.15, -0.1) is 0 Å². The third kappa shape index (κ3) is 5.19. The molecular weight excluding hydrogens is 250 g/mol. The molecule has 0 radical (unpaired) electrons. The quantitative estimate of drug-likeness (QED) is 0.734. The summed E-state index contributed by atoms with van der Waals surface area (Å²) in [7, 11) is 1.75. The van der Waals surface area contributed by atoms with E-state index < -0.39 is 0 Å². The Bertz CT molecular complexity index is 358. The van der Waals surface area contributed by atoms with Crippen molar-refractivity contribution in [1.82, 2.24) is 15.2 Å². The summed E-state index contributed by atoms with van der Waals surface area (Å²) in [5, 5.41) is 3.51. The molecule has 112 valence electrons. The van der Waals surface area contributed by atoms with E-state index >= 15 is 0 Å². The van der Waals surface area contributed by atoms with Gasteiger partial charge in [-0.25, -0.2) is 0 Å². The molecular formula is C16H27N3O. The first-order valence-electron chi connectivity index (χ1n) is 7.73. The Kier molecular flexibility index (Phi) is 6.98. The molecule has 4 nitrogen and oxygen atoms in total. The van der Waals surface area contributed by atoms with Gasteiger partial charge in [0.25, 0.3) is 0 Å². The van der Waals surface area contributed by atoms with Crippen molar-refractivity contribution in [1.29, 1.82) is 0 Å². The molecule has 0 saturated carbocycles. The first-order chi connectivity index (χ1) is 9.90. The zero-order valence-electron chi connectivity index (χ0n) is 12.6. The van der Waals surface area contributed by atoms with Crippen molar-refractivity contribution < 1.29 is 4.74 Å². The second kappa shape index (κ2) is 9.06. The van der Waals surface area contributed by atoms with Crippen molar-refractivity contribution in [2.24, 2.45) is 0 Å². The highest BCUT2D eigenvalue weighted by molar-refractivity contribution is 5.08. The third-order valence-electron chi connectivity index (χ3n) is 4.02. The fraction of sp³-hybridized carbons (Fsp3) is 0.688. The highest BCUT2D eigenvalue weighted by atomic mass is 16.5. The van der Waals surface area contributed by atoms with Gasteiger partial charge in [-0.1, -0.05) is 12.5 Å². The summed E-state index contributed by atoms with van der Waals surface area (Å²) in [5.41, 5.74) is 1.34. The molecule has 1 unspecified atom stereocenters. The molecule has 4 heteroatoms. The van der Waals surface area contributed by atoms with E-state index in [9.17, 15) is 0 Å². The lowest BCUT2D eigenvalue weighted by Crippen LogP contribution is -2.46. The predicted octanol–water partition coefficient (Wildman–Crippen LogP) is 1.71. The van der Waals surface area contributed by atoms with Crippen LogP contribution in [0.3, 0.4) is 0 Å². The van der Waals surface area contributed by atoms with E-state index in [1.54, 1.807) is 7.11 Å². The van der Waals surface area contributed by atoms with Crippen LogP contribution < -0.4 is 5.32 Å². The monoisotopic (exact) mass is 277 g/mol. The maximum absolute atomic E-state index is 5.08. The Balaban J connectivity index is 1.74. The normalized spacial score (nSPS) is 20.1. The molecule has 1 fully saturated rings. The van der Waals surface area contributed by atoms with Crippen LogP contribution in [0.15, 0.2) is 24.5 Å². The Labute approximate surface area is 122 Å². The van der Waals surface area contributed by atoms with E-state index in [1.165, 1.54) is 31.4 Å². The number of piperidine rings is 1. The van der Waals surface area contributed by atoms with Gasteiger partial charge in [0.2, 0.25) is 0 Å². The van der Waals surface area contributed by atoms with E-state index in [-0.39, 0.29) is 0 Å². The summed E-state index contributed by atoms with van der Waals surface area (Å²) in [6.45, 7) is 5.20. The molecule has 1 aromatic heterocycles. The first kappa shape index (κ1) is 15.4. The van der Waals surface area contributed by atoms with Crippen LogP contribution in [0.2, 0.25) is 0 Å². The molecule has 2 rings (SSSR count). The largest absolute Gasteiger partial charge is 0.383 e. The van der Waals surface area contributed by atoms with E-state index in [4.69, 9.17) is 4.74 Å². The van der Waals surface area contributed by atoms with Gasteiger partial charge < -0.3 is 10.1 Å². The van der Waals surface area contributed by atoms with Crippen molar-refractivity contribution in [3.63, 3.8) is 0 Å². The lowest BCUT2D eigenvalue weighted by atomic mass is 10.0. The molecule has 2 heterocycles. The molecule has 0 aliphatic carbocycles. The second-order valence-corrected chi connectivity index (χ2v) is 5.49. The van der Waals surface area contributed by atoms with Gasteiger partial charge in [0, 0.05) is 45.2 Å². The van der Waals surface area contributed by atoms with Gasteiger partial charge in [0.1, 0.15) is 0 Å². The molecule has 1 atom stereocenters. The SMILES string of the molecule is COCCNCC1CCCCN1CCc1cccnc1. The number of methoxy groups -OCH3 is 1. The van der Waals surface area contributed by atoms with Gasteiger partial charge in [-0.05, 0) is 37.4 Å². The molecule has 1 saturated heterocycles. The van der Waals surface area contributed by atoms with Crippen molar-refractivity contribution >= 4 is 0 Å². The smallest absolute Gasteiger partial charge is 0.0587 e. The lowest BCUT2D eigenvalue weighted by molar-refractivity contribution is 0.141. The number of pyridine rings is 1. The highest BCUT2D eigenvalue weighted by Gasteiger charge is 2.21. The molecule has 0 bridgehead atoms. The van der Waals surface area contributed by atoms with Crippen molar-refractivity contribution in [3.8, 4) is 0 Å². The molecule has 1 aliphatic heterocycles. The van der Waals surface area contributed by atoms with Crippen molar-refractivity contribution in [2.75, 3.05) is 39.9 Å². The number of rotatable bonds is 8. The summed E-state index contributed by atoms with van der Waals surface area (Å²) < 4.78 is 5.08. The Morgan fingerprint density at radius 2 is 2.40 bits per heavy atom. The number of nitrogens with zero attached hydrogens (tertiary/aromatic N) is 2. The third-order valence-corrected chi connectivity index (χ3v) is 4.02. The van der Waals surface area contributed by atoms with Crippen LogP contribution in [0.4, 0.5) is 0 Å². The molecule has 1 aliphatic rings. The summed E-state index contributed by atoms with van der Waals surface area (Å²) in [4.78, 5) is 6.83. The van der Waals surface area contributed by atoms with E-state index in [0.29, 0.717) is 6.04 Å². The standard InChI is InChI=1S/C16H27N3O/c1-20-12-9-18-14-16-6-2-3-10-19(16)11-7-15-5-4-8-17-13-15/h4-5,8,13,16,18H,2-3,6-7,9-12,14H2,1H3. The summed E-state index contributed by atoms with van der Waals surface area (Å²) in [5.74, 6) is 0. The number of hydrogen-bond acceptors (Lipinski definition) is 4. The van der Waals surface area contributed by atoms with E-state index in [2.05, 4.69) is 21.3 Å². The van der Waals surface area contributed by atoms with E-state index in [0.717, 1.165) is 32.7 Å². The molecule has 0 aromatic carbocycles. The van der Waals surface area contributed by atoms with Crippen LogP contribution in [0.1, 0.15) is 24.8 Å². The Morgan fingerprint density at radius 1 is 1.45 bits per heavy atom. The minimum absolute atomic E-state index is 0.678.